The number of hydrogen-bond donors (Lipinski definition) is 2. The molecule has 1 aromatic rings. The Hall–Kier alpha value is -1.49. The van der Waals surface area contributed by atoms with Crippen LogP contribution in [0.25, 0.3) is 0 Å². The Balaban J connectivity index is 1.86. The number of hydrogen-bond acceptors (Lipinski definition) is 4. The first-order valence-electron chi connectivity index (χ1n) is 5.36. The van der Waals surface area contributed by atoms with E-state index in [2.05, 4.69) is 21.6 Å². The molecule has 2 heterocycles. The number of aliphatic carboxylic acids is 1. The summed E-state index contributed by atoms with van der Waals surface area (Å²) in [5.41, 5.74) is 0.804. The van der Waals surface area contributed by atoms with Crippen LogP contribution in [0.1, 0.15) is 18.0 Å². The van der Waals surface area contributed by atoms with Crippen molar-refractivity contribution >= 4 is 5.97 Å². The molecule has 1 aliphatic carbocycles. The van der Waals surface area contributed by atoms with Crippen molar-refractivity contribution in [3.05, 3.63) is 24.3 Å². The molecule has 83 valence electrons. The largest absolute Gasteiger partial charge is 0.481 e. The third-order valence-electron chi connectivity index (χ3n) is 3.83. The number of rotatable bonds is 2. The van der Waals surface area contributed by atoms with Crippen molar-refractivity contribution < 1.29 is 9.90 Å². The molecule has 1 saturated heterocycles. The Morgan fingerprint density at radius 1 is 1.69 bits per heavy atom. The van der Waals surface area contributed by atoms with Gasteiger partial charge in [-0.25, -0.2) is 9.97 Å². The highest BCUT2D eigenvalue weighted by Crippen LogP contribution is 2.64. The molecule has 0 amide bonds. The van der Waals surface area contributed by atoms with Crippen molar-refractivity contribution in [3.63, 3.8) is 0 Å². The lowest BCUT2D eigenvalue weighted by atomic mass is 9.89. The molecule has 1 radical (unpaired) electrons. The van der Waals surface area contributed by atoms with Gasteiger partial charge < -0.3 is 10.4 Å². The predicted octanol–water partition coefficient (Wildman–Crippen LogP) is 0.0545. The van der Waals surface area contributed by atoms with Gasteiger partial charge in [0.05, 0.1) is 5.92 Å². The van der Waals surface area contributed by atoms with E-state index in [0.717, 1.165) is 18.7 Å². The number of nitrogens with one attached hydrogen (secondary N) is 1. The van der Waals surface area contributed by atoms with Gasteiger partial charge in [0, 0.05) is 36.3 Å². The maximum atomic E-state index is 11.2. The molecule has 2 aliphatic rings. The van der Waals surface area contributed by atoms with E-state index >= 15 is 0 Å². The van der Waals surface area contributed by atoms with E-state index < -0.39 is 5.97 Å². The average molecular weight is 218 g/mol. The van der Waals surface area contributed by atoms with E-state index in [0.29, 0.717) is 6.54 Å². The molecule has 3 unspecified atom stereocenters. The van der Waals surface area contributed by atoms with Crippen LogP contribution in [0.3, 0.4) is 0 Å². The lowest BCUT2D eigenvalue weighted by molar-refractivity contribution is -0.142. The van der Waals surface area contributed by atoms with Gasteiger partial charge in [-0.15, -0.1) is 0 Å². The first-order chi connectivity index (χ1) is 7.74. The molecular weight excluding hydrogens is 206 g/mol. The van der Waals surface area contributed by atoms with Gasteiger partial charge in [-0.1, -0.05) is 0 Å². The number of aromatic nitrogens is 2. The van der Waals surface area contributed by atoms with Crippen molar-refractivity contribution in [2.75, 3.05) is 13.1 Å². The van der Waals surface area contributed by atoms with Gasteiger partial charge in [-0.3, -0.25) is 4.79 Å². The highest BCUT2D eigenvalue weighted by atomic mass is 16.4. The Labute approximate surface area is 92.9 Å². The van der Waals surface area contributed by atoms with E-state index in [-0.39, 0.29) is 17.3 Å². The summed E-state index contributed by atoms with van der Waals surface area (Å²) >= 11 is 0. The van der Waals surface area contributed by atoms with Crippen molar-refractivity contribution in [1.29, 1.82) is 0 Å². The fourth-order valence-corrected chi connectivity index (χ4v) is 2.87. The third-order valence-corrected chi connectivity index (χ3v) is 3.83. The standard InChI is InChI=1S/C11H12N3O2/c15-10(16)8-4-13-5-11(8)3-7(11)9-1-2-12-6-14-9/h1-2,7-8,13H,3-5H2,(H,15,16). The van der Waals surface area contributed by atoms with Crippen LogP contribution in [0.15, 0.2) is 12.3 Å². The second kappa shape index (κ2) is 3.25. The zero-order valence-corrected chi connectivity index (χ0v) is 8.68. The second-order valence-electron chi connectivity index (χ2n) is 4.59. The summed E-state index contributed by atoms with van der Waals surface area (Å²) in [6, 6.07) is 1.85. The summed E-state index contributed by atoms with van der Waals surface area (Å²) in [5, 5.41) is 12.3. The van der Waals surface area contributed by atoms with Gasteiger partial charge in [0.15, 0.2) is 6.33 Å². The molecule has 5 heteroatoms. The van der Waals surface area contributed by atoms with E-state index in [1.165, 1.54) is 0 Å². The number of carboxylic acids is 1. The van der Waals surface area contributed by atoms with Gasteiger partial charge in [-0.2, -0.15) is 0 Å². The number of carbonyl (C=O) groups is 1. The van der Waals surface area contributed by atoms with E-state index in [4.69, 9.17) is 0 Å². The van der Waals surface area contributed by atoms with E-state index in [1.807, 2.05) is 6.07 Å². The Kier molecular flexibility index (Phi) is 1.97. The zero-order chi connectivity index (χ0) is 11.2. The molecule has 0 aromatic carbocycles. The molecule has 0 bridgehead atoms. The van der Waals surface area contributed by atoms with Crippen LogP contribution >= 0.6 is 0 Å². The van der Waals surface area contributed by atoms with Crippen molar-refractivity contribution in [2.45, 2.75) is 12.3 Å². The van der Waals surface area contributed by atoms with Gasteiger partial charge in [0.1, 0.15) is 0 Å². The second-order valence-corrected chi connectivity index (χ2v) is 4.59. The van der Waals surface area contributed by atoms with Gasteiger partial charge in [0.2, 0.25) is 0 Å². The van der Waals surface area contributed by atoms with Crippen LogP contribution in [0, 0.1) is 17.7 Å². The lowest BCUT2D eigenvalue weighted by Crippen LogP contribution is -2.24. The minimum Gasteiger partial charge on any atom is -0.481 e. The maximum Gasteiger partial charge on any atom is 0.308 e. The summed E-state index contributed by atoms with van der Waals surface area (Å²) < 4.78 is 0. The molecule has 2 fully saturated rings. The van der Waals surface area contributed by atoms with Crippen LogP contribution in [0.2, 0.25) is 0 Å². The SMILES string of the molecule is O=C(O)C1CNCC12CC2c1ccn[c]n1. The van der Waals surface area contributed by atoms with Crippen LogP contribution < -0.4 is 5.32 Å². The number of nitrogens with zero attached hydrogens (tertiary/aromatic N) is 2. The highest BCUT2D eigenvalue weighted by molar-refractivity contribution is 5.73. The molecule has 1 aliphatic heterocycles. The molecule has 1 spiro atoms. The predicted molar refractivity (Wildman–Crippen MR) is 54.7 cm³/mol. The smallest absolute Gasteiger partial charge is 0.308 e. The molecule has 1 aromatic heterocycles. The number of carboxylic acid groups (broad SMARTS) is 1. The molecule has 5 nitrogen and oxygen atoms in total. The minimum atomic E-state index is -0.703. The molecule has 1 saturated carbocycles. The molecule has 16 heavy (non-hydrogen) atoms. The van der Waals surface area contributed by atoms with Crippen LogP contribution in [0.4, 0.5) is 0 Å². The lowest BCUT2D eigenvalue weighted by Gasteiger charge is -2.14. The third kappa shape index (κ3) is 1.24. The first kappa shape index (κ1) is 9.72. The molecule has 3 atom stereocenters. The van der Waals surface area contributed by atoms with Crippen molar-refractivity contribution in [1.82, 2.24) is 15.3 Å². The summed E-state index contributed by atoms with van der Waals surface area (Å²) in [7, 11) is 0. The van der Waals surface area contributed by atoms with Crippen LogP contribution in [0.5, 0.6) is 0 Å². The van der Waals surface area contributed by atoms with Gasteiger partial charge in [-0.05, 0) is 12.5 Å². The average Bonchev–Trinajstić information content (AvgIpc) is 2.82. The summed E-state index contributed by atoms with van der Waals surface area (Å²) in [6.45, 7) is 1.35. The summed E-state index contributed by atoms with van der Waals surface area (Å²) in [6.07, 6.45) is 5.13. The van der Waals surface area contributed by atoms with E-state index in [1.54, 1.807) is 6.20 Å². The van der Waals surface area contributed by atoms with Gasteiger partial charge >= 0.3 is 5.97 Å². The molecule has 3 rings (SSSR count). The van der Waals surface area contributed by atoms with Crippen molar-refractivity contribution in [2.24, 2.45) is 11.3 Å². The highest BCUT2D eigenvalue weighted by Gasteiger charge is 2.64. The van der Waals surface area contributed by atoms with Gasteiger partial charge in [0.25, 0.3) is 0 Å². The first-order valence-corrected chi connectivity index (χ1v) is 5.36. The Morgan fingerprint density at radius 2 is 2.56 bits per heavy atom. The van der Waals surface area contributed by atoms with Crippen LogP contribution in [-0.4, -0.2) is 34.1 Å². The topological polar surface area (TPSA) is 75.1 Å². The monoisotopic (exact) mass is 218 g/mol. The maximum absolute atomic E-state index is 11.2. The Bertz CT molecular complexity index is 422. The molecule has 2 N–H and O–H groups in total. The summed E-state index contributed by atoms with van der Waals surface area (Å²) in [4.78, 5) is 19.0. The van der Waals surface area contributed by atoms with Crippen molar-refractivity contribution in [3.8, 4) is 0 Å². The zero-order valence-electron chi connectivity index (χ0n) is 8.68. The molecular formula is C11H12N3O2. The fourth-order valence-electron chi connectivity index (χ4n) is 2.87. The summed E-state index contributed by atoms with van der Waals surface area (Å²) in [5.74, 6) is -0.735. The minimum absolute atomic E-state index is 0.117. The normalized spacial score (nSPS) is 36.5. The van der Waals surface area contributed by atoms with E-state index in [9.17, 15) is 9.90 Å². The van der Waals surface area contributed by atoms with Crippen LogP contribution in [-0.2, 0) is 4.79 Å². The quantitative estimate of drug-likeness (QED) is 0.734. The fraction of sp³-hybridized carbons (Fsp3) is 0.545. The Morgan fingerprint density at radius 3 is 3.25 bits per heavy atom.